The number of halogens is 1. The van der Waals surface area contributed by atoms with Gasteiger partial charge in [0.25, 0.3) is 0 Å². The van der Waals surface area contributed by atoms with E-state index in [2.05, 4.69) is 32.2 Å². The predicted octanol–water partition coefficient (Wildman–Crippen LogP) is 2.83. The molecule has 3 rings (SSSR count). The highest BCUT2D eigenvalue weighted by atomic mass is 127. The summed E-state index contributed by atoms with van der Waals surface area (Å²) in [6, 6.07) is 10.3. The molecule has 0 saturated carbocycles. The van der Waals surface area contributed by atoms with Gasteiger partial charge < -0.3 is 14.8 Å². The van der Waals surface area contributed by atoms with Crippen molar-refractivity contribution in [3.05, 3.63) is 47.5 Å². The monoisotopic (exact) mass is 454 g/mol. The lowest BCUT2D eigenvalue weighted by Gasteiger charge is -2.18. The minimum Gasteiger partial charge on any atom is -0.349 e. The van der Waals surface area contributed by atoms with Gasteiger partial charge in [0, 0.05) is 27.1 Å². The van der Waals surface area contributed by atoms with E-state index in [0.717, 1.165) is 30.6 Å². The van der Waals surface area contributed by atoms with Crippen LogP contribution in [0, 0.1) is 0 Å². The fourth-order valence-corrected chi connectivity index (χ4v) is 2.94. The van der Waals surface area contributed by atoms with Gasteiger partial charge in [0.05, 0.1) is 13.1 Å². The van der Waals surface area contributed by atoms with Crippen molar-refractivity contribution in [2.24, 2.45) is 4.99 Å². The summed E-state index contributed by atoms with van der Waals surface area (Å²) >= 11 is 0. The maximum absolute atomic E-state index is 4.70. The Hall–Kier alpha value is -1.64. The quantitative estimate of drug-likeness (QED) is 0.439. The summed E-state index contributed by atoms with van der Waals surface area (Å²) in [6.07, 6.45) is 4.74. The van der Waals surface area contributed by atoms with Crippen molar-refractivity contribution in [1.29, 1.82) is 0 Å². The van der Waals surface area contributed by atoms with Crippen LogP contribution in [0.15, 0.2) is 35.3 Å². The number of fused-ring (bicyclic) bond motifs is 1. The van der Waals surface area contributed by atoms with E-state index >= 15 is 0 Å². The van der Waals surface area contributed by atoms with Crippen LogP contribution in [0.25, 0.3) is 0 Å². The Morgan fingerprint density at radius 1 is 1.16 bits per heavy atom. The molecule has 0 amide bonds. The second kappa shape index (κ2) is 9.74. The number of aromatic nitrogens is 3. The highest BCUT2D eigenvalue weighted by molar-refractivity contribution is 14.0. The Kier molecular flexibility index (Phi) is 7.67. The number of nitrogens with zero attached hydrogens (tertiary/aromatic N) is 5. The number of aliphatic imine (C=N–C) groups is 1. The lowest BCUT2D eigenvalue weighted by Crippen LogP contribution is -2.36. The fourth-order valence-electron chi connectivity index (χ4n) is 2.94. The van der Waals surface area contributed by atoms with Crippen LogP contribution in [-0.4, -0.2) is 39.7 Å². The number of aryl methyl sites for hydroxylation is 1. The molecule has 2 aromatic rings. The number of hydrogen-bond donors (Lipinski definition) is 1. The number of nitrogens with one attached hydrogen (secondary N) is 1. The average molecular weight is 454 g/mol. The van der Waals surface area contributed by atoms with Crippen LogP contribution in [0.2, 0.25) is 0 Å². The van der Waals surface area contributed by atoms with Gasteiger partial charge in [0.15, 0.2) is 11.8 Å². The molecule has 7 heteroatoms. The molecule has 1 aromatic carbocycles. The zero-order valence-electron chi connectivity index (χ0n) is 15.0. The Balaban J connectivity index is 0.00000225. The zero-order chi connectivity index (χ0) is 16.8. The summed E-state index contributed by atoms with van der Waals surface area (Å²) < 4.78 is 2.27. The third-order valence-corrected chi connectivity index (χ3v) is 4.27. The maximum Gasteiger partial charge on any atom is 0.194 e. The highest BCUT2D eigenvalue weighted by Crippen LogP contribution is 2.14. The van der Waals surface area contributed by atoms with Gasteiger partial charge in [-0.25, -0.2) is 4.99 Å². The summed E-state index contributed by atoms with van der Waals surface area (Å²) in [4.78, 5) is 6.70. The van der Waals surface area contributed by atoms with Crippen LogP contribution in [0.1, 0.15) is 36.5 Å². The molecular formula is C18H27IN6. The van der Waals surface area contributed by atoms with Gasteiger partial charge in [0.1, 0.15) is 5.82 Å². The van der Waals surface area contributed by atoms with Crippen molar-refractivity contribution in [3.63, 3.8) is 0 Å². The van der Waals surface area contributed by atoms with E-state index in [0.29, 0.717) is 13.1 Å². The molecule has 1 aliphatic heterocycles. The minimum atomic E-state index is 0. The molecule has 0 atom stereocenters. The van der Waals surface area contributed by atoms with Crippen LogP contribution in [0.5, 0.6) is 0 Å². The molecule has 1 N–H and O–H groups in total. The van der Waals surface area contributed by atoms with Crippen LogP contribution < -0.4 is 5.32 Å². The molecule has 0 unspecified atom stereocenters. The van der Waals surface area contributed by atoms with E-state index in [-0.39, 0.29) is 24.0 Å². The number of hydrogen-bond acceptors (Lipinski definition) is 3. The van der Waals surface area contributed by atoms with E-state index in [4.69, 9.17) is 4.99 Å². The Morgan fingerprint density at radius 2 is 1.96 bits per heavy atom. The first-order valence-electron chi connectivity index (χ1n) is 8.64. The van der Waals surface area contributed by atoms with Crippen LogP contribution >= 0.6 is 24.0 Å². The summed E-state index contributed by atoms with van der Waals surface area (Å²) in [5.74, 6) is 2.99. The standard InChI is InChI=1S/C18H26N6.HI/c1-23(2)18(19-13-15-9-5-3-6-10-15)20-14-17-22-21-16-11-7-4-8-12-24(16)17;/h3,5-6,9-10H,4,7-8,11-14H2,1-2H3,(H,19,20);1H. The molecular weight excluding hydrogens is 427 g/mol. The average Bonchev–Trinajstić information content (AvgIpc) is 2.82. The molecule has 0 radical (unpaired) electrons. The third kappa shape index (κ3) is 5.42. The first-order valence-corrected chi connectivity index (χ1v) is 8.64. The van der Waals surface area contributed by atoms with Crippen molar-refractivity contribution in [1.82, 2.24) is 25.0 Å². The van der Waals surface area contributed by atoms with Crippen molar-refractivity contribution < 1.29 is 0 Å². The zero-order valence-corrected chi connectivity index (χ0v) is 17.3. The second-order valence-electron chi connectivity index (χ2n) is 6.37. The Labute approximate surface area is 166 Å². The van der Waals surface area contributed by atoms with Crippen molar-refractivity contribution in [3.8, 4) is 0 Å². The number of benzene rings is 1. The molecule has 1 aliphatic rings. The lowest BCUT2D eigenvalue weighted by atomic mass is 10.2. The molecule has 6 nitrogen and oxygen atoms in total. The smallest absolute Gasteiger partial charge is 0.194 e. The number of rotatable bonds is 4. The molecule has 25 heavy (non-hydrogen) atoms. The molecule has 0 bridgehead atoms. The van der Waals surface area contributed by atoms with Crippen molar-refractivity contribution in [2.45, 2.75) is 45.3 Å². The van der Waals surface area contributed by atoms with Crippen molar-refractivity contribution >= 4 is 29.9 Å². The molecule has 0 aliphatic carbocycles. The summed E-state index contributed by atoms with van der Waals surface area (Å²) in [5, 5.41) is 12.1. The van der Waals surface area contributed by atoms with Gasteiger partial charge in [-0.15, -0.1) is 34.2 Å². The summed E-state index contributed by atoms with van der Waals surface area (Å²) in [7, 11) is 4.00. The van der Waals surface area contributed by atoms with Gasteiger partial charge in [0.2, 0.25) is 0 Å². The topological polar surface area (TPSA) is 58.3 Å². The van der Waals surface area contributed by atoms with Crippen LogP contribution in [0.4, 0.5) is 0 Å². The molecule has 0 fully saturated rings. The lowest BCUT2D eigenvalue weighted by molar-refractivity contribution is 0.559. The molecule has 0 spiro atoms. The van der Waals surface area contributed by atoms with E-state index in [1.807, 2.05) is 37.2 Å². The fraction of sp³-hybridized carbons (Fsp3) is 0.500. The SMILES string of the molecule is CN(C)C(=NCc1ccccc1)NCc1nnc2n1CCCCC2.I. The van der Waals surface area contributed by atoms with Crippen LogP contribution in [0.3, 0.4) is 0 Å². The first-order chi connectivity index (χ1) is 11.7. The summed E-state index contributed by atoms with van der Waals surface area (Å²) in [5.41, 5.74) is 1.20. The normalized spacial score (nSPS) is 14.2. The Bertz CT molecular complexity index is 680. The van der Waals surface area contributed by atoms with Gasteiger partial charge in [-0.1, -0.05) is 36.8 Å². The van der Waals surface area contributed by atoms with Gasteiger partial charge >= 0.3 is 0 Å². The highest BCUT2D eigenvalue weighted by Gasteiger charge is 2.15. The van der Waals surface area contributed by atoms with Crippen LogP contribution in [-0.2, 0) is 26.1 Å². The van der Waals surface area contributed by atoms with Crippen molar-refractivity contribution in [2.75, 3.05) is 14.1 Å². The Morgan fingerprint density at radius 3 is 2.72 bits per heavy atom. The molecule has 136 valence electrons. The molecule has 2 heterocycles. The van der Waals surface area contributed by atoms with E-state index < -0.39 is 0 Å². The third-order valence-electron chi connectivity index (χ3n) is 4.27. The van der Waals surface area contributed by atoms with E-state index in [9.17, 15) is 0 Å². The van der Waals surface area contributed by atoms with Gasteiger partial charge in [-0.3, -0.25) is 0 Å². The predicted molar refractivity (Wildman–Crippen MR) is 111 cm³/mol. The van der Waals surface area contributed by atoms with Gasteiger partial charge in [-0.05, 0) is 18.4 Å². The second-order valence-corrected chi connectivity index (χ2v) is 6.37. The summed E-state index contributed by atoms with van der Waals surface area (Å²) in [6.45, 7) is 2.34. The van der Waals surface area contributed by atoms with E-state index in [1.165, 1.54) is 24.8 Å². The molecule has 1 aromatic heterocycles. The van der Waals surface area contributed by atoms with Gasteiger partial charge in [-0.2, -0.15) is 0 Å². The van der Waals surface area contributed by atoms with E-state index in [1.54, 1.807) is 0 Å². The minimum absolute atomic E-state index is 0. The molecule has 0 saturated heterocycles. The number of guanidine groups is 1. The first kappa shape index (κ1) is 19.7. The maximum atomic E-state index is 4.70. The largest absolute Gasteiger partial charge is 0.349 e.